The van der Waals surface area contributed by atoms with Gasteiger partial charge in [-0.15, -0.1) is 22.7 Å². The fraction of sp³-hybridized carbons (Fsp3) is 0.0556. The molecule has 1 aromatic carbocycles. The molecule has 25 heavy (non-hydrogen) atoms. The van der Waals surface area contributed by atoms with Crippen LogP contribution in [0.1, 0.15) is 5.69 Å². The van der Waals surface area contributed by atoms with Gasteiger partial charge in [0.05, 0.1) is 17.8 Å². The van der Waals surface area contributed by atoms with E-state index in [1.807, 2.05) is 70.2 Å². The fourth-order valence-corrected chi connectivity index (χ4v) is 3.89. The molecule has 3 aromatic heterocycles. The van der Waals surface area contributed by atoms with E-state index in [4.69, 9.17) is 0 Å². The highest BCUT2D eigenvalue weighted by atomic mass is 32.1. The highest BCUT2D eigenvalue weighted by Crippen LogP contribution is 2.24. The van der Waals surface area contributed by atoms with Crippen molar-refractivity contribution in [1.82, 2.24) is 14.5 Å². The molecule has 0 saturated carbocycles. The standard InChI is InChI=1S/C18H14N4OS2/c23-16(10-14-11-25-18(19-14)22-8-4-5-9-22)21-17-20-15(12-24-17)13-6-2-1-3-7-13/h1-9,11-12H,10H2,(H,20,21,23). The first-order chi connectivity index (χ1) is 12.3. The maximum Gasteiger partial charge on any atom is 0.232 e. The van der Waals surface area contributed by atoms with Gasteiger partial charge in [0.25, 0.3) is 0 Å². The molecular formula is C18H14N4OS2. The Bertz CT molecular complexity index is 974. The SMILES string of the molecule is O=C(Cc1csc(-n2cccc2)n1)Nc1nc(-c2ccccc2)cs1. The summed E-state index contributed by atoms with van der Waals surface area (Å²) in [7, 11) is 0. The Morgan fingerprint density at radius 3 is 2.60 bits per heavy atom. The molecule has 0 aliphatic rings. The van der Waals surface area contributed by atoms with Gasteiger partial charge in [-0.05, 0) is 12.1 Å². The molecule has 0 fully saturated rings. The summed E-state index contributed by atoms with van der Waals surface area (Å²) in [5.74, 6) is -0.113. The molecule has 1 amide bonds. The molecule has 1 N–H and O–H groups in total. The van der Waals surface area contributed by atoms with Crippen molar-refractivity contribution in [3.8, 4) is 16.4 Å². The minimum Gasteiger partial charge on any atom is -0.302 e. The van der Waals surface area contributed by atoms with E-state index >= 15 is 0 Å². The number of carbonyl (C=O) groups is 1. The number of nitrogens with zero attached hydrogens (tertiary/aromatic N) is 3. The number of carbonyl (C=O) groups excluding carboxylic acids is 1. The van der Waals surface area contributed by atoms with Crippen molar-refractivity contribution >= 4 is 33.7 Å². The van der Waals surface area contributed by atoms with E-state index in [0.29, 0.717) is 5.13 Å². The summed E-state index contributed by atoms with van der Waals surface area (Å²) in [6.45, 7) is 0. The molecule has 7 heteroatoms. The molecule has 124 valence electrons. The molecule has 0 spiro atoms. The lowest BCUT2D eigenvalue weighted by molar-refractivity contribution is -0.115. The van der Waals surface area contributed by atoms with Gasteiger partial charge in [-0.25, -0.2) is 9.97 Å². The molecule has 5 nitrogen and oxygen atoms in total. The Morgan fingerprint density at radius 2 is 1.80 bits per heavy atom. The van der Waals surface area contributed by atoms with Crippen molar-refractivity contribution < 1.29 is 4.79 Å². The summed E-state index contributed by atoms with van der Waals surface area (Å²) in [4.78, 5) is 21.2. The Morgan fingerprint density at radius 1 is 1.00 bits per heavy atom. The minimum absolute atomic E-state index is 0.113. The van der Waals surface area contributed by atoms with Crippen LogP contribution in [-0.4, -0.2) is 20.4 Å². The van der Waals surface area contributed by atoms with Gasteiger partial charge >= 0.3 is 0 Å². The van der Waals surface area contributed by atoms with E-state index in [9.17, 15) is 4.79 Å². The molecule has 0 saturated heterocycles. The van der Waals surface area contributed by atoms with E-state index in [2.05, 4.69) is 15.3 Å². The predicted molar refractivity (Wildman–Crippen MR) is 101 cm³/mol. The zero-order chi connectivity index (χ0) is 17.1. The molecule has 3 heterocycles. The lowest BCUT2D eigenvalue weighted by Gasteiger charge is -1.99. The van der Waals surface area contributed by atoms with Gasteiger partial charge in [-0.1, -0.05) is 30.3 Å². The number of nitrogens with one attached hydrogen (secondary N) is 1. The Hall–Kier alpha value is -2.77. The van der Waals surface area contributed by atoms with Gasteiger partial charge in [0.15, 0.2) is 10.3 Å². The van der Waals surface area contributed by atoms with Crippen LogP contribution < -0.4 is 5.32 Å². The first-order valence-corrected chi connectivity index (χ1v) is 9.42. The topological polar surface area (TPSA) is 59.8 Å². The third kappa shape index (κ3) is 3.67. The number of hydrogen-bond acceptors (Lipinski definition) is 5. The first kappa shape index (κ1) is 15.7. The number of anilines is 1. The van der Waals surface area contributed by atoms with Gasteiger partial charge in [-0.2, -0.15) is 0 Å². The van der Waals surface area contributed by atoms with Crippen LogP contribution in [0.3, 0.4) is 0 Å². The highest BCUT2D eigenvalue weighted by Gasteiger charge is 2.11. The van der Waals surface area contributed by atoms with E-state index in [0.717, 1.165) is 22.1 Å². The molecule has 4 rings (SSSR count). The molecule has 0 aliphatic heterocycles. The zero-order valence-corrected chi connectivity index (χ0v) is 14.8. The van der Waals surface area contributed by atoms with Crippen molar-refractivity contribution in [3.63, 3.8) is 0 Å². The Labute approximate surface area is 152 Å². The van der Waals surface area contributed by atoms with Crippen LogP contribution in [0.15, 0.2) is 65.6 Å². The Balaban J connectivity index is 1.40. The van der Waals surface area contributed by atoms with Crippen LogP contribution in [0.25, 0.3) is 16.4 Å². The largest absolute Gasteiger partial charge is 0.302 e. The molecule has 0 unspecified atom stereocenters. The summed E-state index contributed by atoms with van der Waals surface area (Å²) in [6, 6.07) is 13.8. The van der Waals surface area contributed by atoms with E-state index in [1.165, 1.54) is 22.7 Å². The summed E-state index contributed by atoms with van der Waals surface area (Å²) >= 11 is 2.94. The zero-order valence-electron chi connectivity index (χ0n) is 13.1. The summed E-state index contributed by atoms with van der Waals surface area (Å²) in [5, 5.41) is 8.16. The fourth-order valence-electron chi connectivity index (χ4n) is 2.36. The monoisotopic (exact) mass is 366 g/mol. The number of benzene rings is 1. The second-order valence-electron chi connectivity index (χ2n) is 5.34. The van der Waals surface area contributed by atoms with Crippen LogP contribution in [0.2, 0.25) is 0 Å². The minimum atomic E-state index is -0.113. The summed E-state index contributed by atoms with van der Waals surface area (Å²) in [5.41, 5.74) is 2.66. The molecule has 0 bridgehead atoms. The van der Waals surface area contributed by atoms with Crippen molar-refractivity contribution in [1.29, 1.82) is 0 Å². The third-order valence-electron chi connectivity index (χ3n) is 3.53. The van der Waals surface area contributed by atoms with E-state index < -0.39 is 0 Å². The van der Waals surface area contributed by atoms with Crippen LogP contribution in [-0.2, 0) is 11.2 Å². The second kappa shape index (κ2) is 7.00. The van der Waals surface area contributed by atoms with E-state index in [1.54, 1.807) is 0 Å². The number of aromatic nitrogens is 3. The maximum atomic E-state index is 12.2. The van der Waals surface area contributed by atoms with Gasteiger partial charge in [0.2, 0.25) is 5.91 Å². The second-order valence-corrected chi connectivity index (χ2v) is 7.04. The Kier molecular flexibility index (Phi) is 4.41. The smallest absolute Gasteiger partial charge is 0.232 e. The van der Waals surface area contributed by atoms with Crippen molar-refractivity contribution in [2.24, 2.45) is 0 Å². The summed E-state index contributed by atoms with van der Waals surface area (Å²) in [6.07, 6.45) is 4.10. The number of thiazole rings is 2. The van der Waals surface area contributed by atoms with Crippen molar-refractivity contribution in [2.75, 3.05) is 5.32 Å². The normalized spacial score (nSPS) is 10.7. The molecule has 0 atom stereocenters. The maximum absolute atomic E-state index is 12.2. The molecular weight excluding hydrogens is 352 g/mol. The number of hydrogen-bond donors (Lipinski definition) is 1. The summed E-state index contributed by atoms with van der Waals surface area (Å²) < 4.78 is 1.93. The highest BCUT2D eigenvalue weighted by molar-refractivity contribution is 7.14. The van der Waals surface area contributed by atoms with Crippen molar-refractivity contribution in [2.45, 2.75) is 6.42 Å². The van der Waals surface area contributed by atoms with Crippen LogP contribution in [0.4, 0.5) is 5.13 Å². The van der Waals surface area contributed by atoms with Gasteiger partial charge in [0, 0.05) is 28.7 Å². The average molecular weight is 366 g/mol. The lowest BCUT2D eigenvalue weighted by Crippen LogP contribution is -2.14. The van der Waals surface area contributed by atoms with Crippen LogP contribution in [0, 0.1) is 0 Å². The van der Waals surface area contributed by atoms with Crippen molar-refractivity contribution in [3.05, 3.63) is 71.3 Å². The third-order valence-corrected chi connectivity index (χ3v) is 5.19. The predicted octanol–water partition coefficient (Wildman–Crippen LogP) is 4.24. The average Bonchev–Trinajstić information content (AvgIpc) is 3.37. The van der Waals surface area contributed by atoms with Gasteiger partial charge in [-0.3, -0.25) is 4.79 Å². The van der Waals surface area contributed by atoms with Crippen LogP contribution in [0.5, 0.6) is 0 Å². The lowest BCUT2D eigenvalue weighted by atomic mass is 10.2. The van der Waals surface area contributed by atoms with Gasteiger partial charge < -0.3 is 9.88 Å². The number of amides is 1. The molecule has 0 radical (unpaired) electrons. The molecule has 0 aliphatic carbocycles. The van der Waals surface area contributed by atoms with E-state index in [-0.39, 0.29) is 12.3 Å². The first-order valence-electron chi connectivity index (χ1n) is 7.66. The quantitative estimate of drug-likeness (QED) is 0.575. The van der Waals surface area contributed by atoms with Crippen LogP contribution >= 0.6 is 22.7 Å². The number of rotatable bonds is 5. The molecule has 4 aromatic rings. The van der Waals surface area contributed by atoms with Gasteiger partial charge in [0.1, 0.15) is 0 Å².